The van der Waals surface area contributed by atoms with E-state index in [-0.39, 0.29) is 32.9 Å². The fraction of sp³-hybridized carbons (Fsp3) is 0.0952. The Hall–Kier alpha value is -3.59. The summed E-state index contributed by atoms with van der Waals surface area (Å²) in [6, 6.07) is 9.72. The number of halogens is 2. The number of aromatic nitrogens is 2. The molecule has 152 valence electrons. The highest BCUT2D eigenvalue weighted by Gasteiger charge is 2.25. The molecule has 0 atom stereocenters. The van der Waals surface area contributed by atoms with Gasteiger partial charge in [0.15, 0.2) is 17.3 Å². The number of fused-ring (bicyclic) bond motifs is 1. The molecule has 0 bridgehead atoms. The molecule has 0 aliphatic rings. The Kier molecular flexibility index (Phi) is 4.83. The molecule has 0 fully saturated rings. The average Bonchev–Trinajstić information content (AvgIpc) is 3.31. The van der Waals surface area contributed by atoms with Gasteiger partial charge in [0.05, 0.1) is 5.52 Å². The molecule has 9 heteroatoms. The van der Waals surface area contributed by atoms with Crippen molar-refractivity contribution in [3.63, 3.8) is 0 Å². The maximum absolute atomic E-state index is 14.4. The Morgan fingerprint density at radius 3 is 2.57 bits per heavy atom. The Morgan fingerprint density at radius 2 is 1.87 bits per heavy atom. The summed E-state index contributed by atoms with van der Waals surface area (Å²) >= 11 is 0.915. The lowest BCUT2D eigenvalue weighted by Crippen LogP contribution is -2.14. The number of carbonyl (C=O) groups excluding carboxylic acids is 1. The quantitative estimate of drug-likeness (QED) is 0.485. The van der Waals surface area contributed by atoms with Crippen LogP contribution in [0.3, 0.4) is 0 Å². The number of nitrogens with zero attached hydrogens (tertiary/aromatic N) is 2. The largest absolute Gasteiger partial charge is 0.478 e. The van der Waals surface area contributed by atoms with E-state index < -0.39 is 23.5 Å². The second-order valence-electron chi connectivity index (χ2n) is 6.70. The number of benzene rings is 1. The lowest BCUT2D eigenvalue weighted by Gasteiger charge is -2.07. The third-order valence-electron chi connectivity index (χ3n) is 4.71. The summed E-state index contributed by atoms with van der Waals surface area (Å²) in [5.74, 6) is -4.15. The van der Waals surface area contributed by atoms with Crippen LogP contribution in [0.15, 0.2) is 41.8 Å². The monoisotopic (exact) mass is 427 g/mol. The summed E-state index contributed by atoms with van der Waals surface area (Å²) in [6.07, 6.45) is 0. The number of nitrogens with one attached hydrogen (secondary N) is 1. The molecule has 0 unspecified atom stereocenters. The number of carboxylic acid groups (broad SMARTS) is 1. The van der Waals surface area contributed by atoms with Gasteiger partial charge in [0, 0.05) is 22.2 Å². The lowest BCUT2D eigenvalue weighted by molar-refractivity contribution is 0.0699. The van der Waals surface area contributed by atoms with Crippen molar-refractivity contribution in [3.05, 3.63) is 75.9 Å². The lowest BCUT2D eigenvalue weighted by atomic mass is 10.0. The predicted octanol–water partition coefficient (Wildman–Crippen LogP) is 4.91. The number of rotatable bonds is 4. The van der Waals surface area contributed by atoms with Crippen molar-refractivity contribution in [2.24, 2.45) is 0 Å². The van der Waals surface area contributed by atoms with Gasteiger partial charge < -0.3 is 10.4 Å². The van der Waals surface area contributed by atoms with E-state index in [4.69, 9.17) is 0 Å². The zero-order valence-corrected chi connectivity index (χ0v) is 16.7. The first-order valence-corrected chi connectivity index (χ1v) is 9.72. The molecule has 1 amide bonds. The van der Waals surface area contributed by atoms with Gasteiger partial charge in [0.2, 0.25) is 0 Å². The van der Waals surface area contributed by atoms with Crippen molar-refractivity contribution in [1.82, 2.24) is 9.61 Å². The smallest absolute Gasteiger partial charge is 0.339 e. The first-order chi connectivity index (χ1) is 14.3. The van der Waals surface area contributed by atoms with Crippen LogP contribution in [0.4, 0.5) is 13.8 Å². The van der Waals surface area contributed by atoms with Crippen molar-refractivity contribution >= 4 is 33.7 Å². The van der Waals surface area contributed by atoms with Crippen LogP contribution in [0.5, 0.6) is 0 Å². The van der Waals surface area contributed by atoms with Gasteiger partial charge in [0.1, 0.15) is 10.6 Å². The SMILES string of the molecule is Cc1ccc(-c2csc(NC(=O)c3cc4cccc(C)n4n3)c2C(=O)O)c(F)c1F. The second kappa shape index (κ2) is 7.34. The fourth-order valence-corrected chi connectivity index (χ4v) is 4.09. The molecule has 3 aromatic heterocycles. The zero-order chi connectivity index (χ0) is 21.6. The van der Waals surface area contributed by atoms with Crippen LogP contribution in [-0.4, -0.2) is 26.6 Å². The van der Waals surface area contributed by atoms with Crippen molar-refractivity contribution in [2.45, 2.75) is 13.8 Å². The molecule has 4 aromatic rings. The minimum atomic E-state index is -1.37. The van der Waals surface area contributed by atoms with Crippen LogP contribution in [-0.2, 0) is 0 Å². The number of carboxylic acids is 1. The topological polar surface area (TPSA) is 83.7 Å². The highest BCUT2D eigenvalue weighted by Crippen LogP contribution is 2.38. The van der Waals surface area contributed by atoms with Crippen LogP contribution in [0, 0.1) is 25.5 Å². The first kappa shape index (κ1) is 19.7. The van der Waals surface area contributed by atoms with E-state index in [1.165, 1.54) is 24.4 Å². The van der Waals surface area contributed by atoms with Crippen molar-refractivity contribution in [1.29, 1.82) is 0 Å². The van der Waals surface area contributed by atoms with E-state index in [1.54, 1.807) is 16.6 Å². The van der Waals surface area contributed by atoms with E-state index in [0.29, 0.717) is 5.52 Å². The maximum atomic E-state index is 14.4. The molecule has 1 aromatic carbocycles. The summed E-state index contributed by atoms with van der Waals surface area (Å²) in [7, 11) is 0. The van der Waals surface area contributed by atoms with Crippen LogP contribution in [0.2, 0.25) is 0 Å². The molecular weight excluding hydrogens is 412 g/mol. The zero-order valence-electron chi connectivity index (χ0n) is 15.9. The summed E-state index contributed by atoms with van der Waals surface area (Å²) in [5.41, 5.74) is 1.24. The molecule has 30 heavy (non-hydrogen) atoms. The molecule has 2 N–H and O–H groups in total. The number of carbonyl (C=O) groups is 2. The van der Waals surface area contributed by atoms with Gasteiger partial charge in [-0.1, -0.05) is 18.2 Å². The number of pyridine rings is 1. The summed E-state index contributed by atoms with van der Waals surface area (Å²) in [5, 5.41) is 17.8. The predicted molar refractivity (Wildman–Crippen MR) is 109 cm³/mol. The number of hydrogen-bond acceptors (Lipinski definition) is 4. The maximum Gasteiger partial charge on any atom is 0.339 e. The first-order valence-electron chi connectivity index (χ1n) is 8.84. The second-order valence-corrected chi connectivity index (χ2v) is 7.58. The molecular formula is C21H15F2N3O3S. The molecule has 6 nitrogen and oxygen atoms in total. The minimum absolute atomic E-state index is 0.00922. The Bertz CT molecular complexity index is 1330. The highest BCUT2D eigenvalue weighted by atomic mass is 32.1. The van der Waals surface area contributed by atoms with E-state index in [2.05, 4.69) is 10.4 Å². The summed E-state index contributed by atoms with van der Waals surface area (Å²) < 4.78 is 30.0. The standard InChI is InChI=1S/C21H15F2N3O3S/c1-10-6-7-13(18(23)17(10)22)14-9-30-20(16(14)21(28)29)24-19(27)15-8-12-5-3-4-11(2)26(12)25-15/h3-9H,1-2H3,(H,24,27)(H,28,29). The number of aromatic carboxylic acids is 1. The third-order valence-corrected chi connectivity index (χ3v) is 5.60. The van der Waals surface area contributed by atoms with Gasteiger partial charge in [-0.2, -0.15) is 5.10 Å². The van der Waals surface area contributed by atoms with Crippen LogP contribution < -0.4 is 5.32 Å². The molecule has 4 rings (SSSR count). The summed E-state index contributed by atoms with van der Waals surface area (Å²) in [6.45, 7) is 3.25. The van der Waals surface area contributed by atoms with Gasteiger partial charge in [-0.3, -0.25) is 4.79 Å². The molecule has 0 aliphatic carbocycles. The number of anilines is 1. The number of amides is 1. The fourth-order valence-electron chi connectivity index (χ4n) is 3.15. The Labute approximate surface area is 173 Å². The van der Waals surface area contributed by atoms with Crippen LogP contribution in [0.25, 0.3) is 16.6 Å². The van der Waals surface area contributed by atoms with E-state index in [0.717, 1.165) is 17.0 Å². The van der Waals surface area contributed by atoms with Crippen LogP contribution in [0.1, 0.15) is 32.1 Å². The van der Waals surface area contributed by atoms with E-state index >= 15 is 0 Å². The van der Waals surface area contributed by atoms with E-state index in [9.17, 15) is 23.5 Å². The number of aryl methyl sites for hydroxylation is 2. The molecule has 3 heterocycles. The van der Waals surface area contributed by atoms with Crippen molar-refractivity contribution in [3.8, 4) is 11.1 Å². The minimum Gasteiger partial charge on any atom is -0.478 e. The van der Waals surface area contributed by atoms with Crippen molar-refractivity contribution in [2.75, 3.05) is 5.32 Å². The highest BCUT2D eigenvalue weighted by molar-refractivity contribution is 7.15. The Balaban J connectivity index is 1.73. The molecule has 0 radical (unpaired) electrons. The normalized spacial score (nSPS) is 11.1. The number of thiophene rings is 1. The molecule has 0 aliphatic heterocycles. The van der Waals surface area contributed by atoms with Gasteiger partial charge in [-0.15, -0.1) is 11.3 Å². The molecule has 0 saturated carbocycles. The van der Waals surface area contributed by atoms with Gasteiger partial charge >= 0.3 is 5.97 Å². The average molecular weight is 427 g/mol. The van der Waals surface area contributed by atoms with E-state index in [1.807, 2.05) is 19.1 Å². The van der Waals surface area contributed by atoms with Gasteiger partial charge in [-0.25, -0.2) is 18.1 Å². The summed E-state index contributed by atoms with van der Waals surface area (Å²) in [4.78, 5) is 24.5. The third kappa shape index (κ3) is 3.22. The van der Waals surface area contributed by atoms with Gasteiger partial charge in [0.25, 0.3) is 5.91 Å². The van der Waals surface area contributed by atoms with Crippen molar-refractivity contribution < 1.29 is 23.5 Å². The van der Waals surface area contributed by atoms with Gasteiger partial charge in [-0.05, 0) is 37.6 Å². The Morgan fingerprint density at radius 1 is 1.10 bits per heavy atom. The van der Waals surface area contributed by atoms with Crippen LogP contribution >= 0.6 is 11.3 Å². The molecule has 0 spiro atoms. The molecule has 0 saturated heterocycles. The number of hydrogen-bond donors (Lipinski definition) is 2.